The Hall–Kier alpha value is -0.530. The Balaban J connectivity index is 2.42. The van der Waals surface area contributed by atoms with E-state index < -0.39 is 0 Å². The van der Waals surface area contributed by atoms with Crippen molar-refractivity contribution in [3.8, 4) is 0 Å². The van der Waals surface area contributed by atoms with Gasteiger partial charge in [-0.1, -0.05) is 26.2 Å². The Labute approximate surface area is 80.7 Å². The predicted molar refractivity (Wildman–Crippen MR) is 52.4 cm³/mol. The maximum atomic E-state index is 11.4. The van der Waals surface area contributed by atoms with E-state index in [0.717, 1.165) is 12.8 Å². The minimum atomic E-state index is -0.00519. The molecule has 13 heavy (non-hydrogen) atoms. The third-order valence-corrected chi connectivity index (χ3v) is 2.72. The molecule has 1 aliphatic heterocycles. The van der Waals surface area contributed by atoms with Crippen molar-refractivity contribution in [1.29, 1.82) is 0 Å². The van der Waals surface area contributed by atoms with E-state index in [1.807, 2.05) is 13.8 Å². The van der Waals surface area contributed by atoms with Gasteiger partial charge in [0.15, 0.2) is 0 Å². The smallest absolute Gasteiger partial charge is 0.308 e. The standard InChI is InChI=1S/C11H20O2/c1-9-7-5-3-4-6-8-10(2)13-11(9)12/h9-10H,3-8H2,1-2H3. The number of ether oxygens (including phenoxy) is 1. The summed E-state index contributed by atoms with van der Waals surface area (Å²) in [5, 5.41) is 0. The highest BCUT2D eigenvalue weighted by molar-refractivity contribution is 5.72. The van der Waals surface area contributed by atoms with Gasteiger partial charge in [0, 0.05) is 0 Å². The van der Waals surface area contributed by atoms with Crippen LogP contribution in [0.5, 0.6) is 0 Å². The number of hydrogen-bond donors (Lipinski definition) is 0. The van der Waals surface area contributed by atoms with Crippen LogP contribution in [0, 0.1) is 5.92 Å². The third-order valence-electron chi connectivity index (χ3n) is 2.72. The van der Waals surface area contributed by atoms with E-state index in [1.54, 1.807) is 0 Å². The zero-order valence-electron chi connectivity index (χ0n) is 8.71. The van der Waals surface area contributed by atoms with E-state index >= 15 is 0 Å². The van der Waals surface area contributed by atoms with Gasteiger partial charge < -0.3 is 4.74 Å². The molecule has 1 heterocycles. The van der Waals surface area contributed by atoms with Gasteiger partial charge in [0.05, 0.1) is 12.0 Å². The molecule has 0 spiro atoms. The summed E-state index contributed by atoms with van der Waals surface area (Å²) in [6, 6.07) is 0. The van der Waals surface area contributed by atoms with Gasteiger partial charge >= 0.3 is 5.97 Å². The van der Waals surface area contributed by atoms with Gasteiger partial charge in [-0.15, -0.1) is 0 Å². The van der Waals surface area contributed by atoms with E-state index in [0.29, 0.717) is 0 Å². The molecule has 2 atom stereocenters. The average Bonchev–Trinajstić information content (AvgIpc) is 2.09. The fourth-order valence-corrected chi connectivity index (χ4v) is 1.73. The maximum absolute atomic E-state index is 11.4. The first kappa shape index (κ1) is 10.6. The van der Waals surface area contributed by atoms with Crippen molar-refractivity contribution in [2.45, 2.75) is 58.5 Å². The summed E-state index contributed by atoms with van der Waals surface area (Å²) in [4.78, 5) is 11.4. The Morgan fingerprint density at radius 3 is 2.38 bits per heavy atom. The molecular weight excluding hydrogens is 164 g/mol. The van der Waals surface area contributed by atoms with Gasteiger partial charge in [-0.3, -0.25) is 4.79 Å². The van der Waals surface area contributed by atoms with Crippen LogP contribution in [0.4, 0.5) is 0 Å². The first-order valence-electron chi connectivity index (χ1n) is 5.40. The summed E-state index contributed by atoms with van der Waals surface area (Å²) in [6.45, 7) is 3.96. The van der Waals surface area contributed by atoms with Crippen molar-refractivity contribution in [1.82, 2.24) is 0 Å². The van der Waals surface area contributed by atoms with E-state index in [1.165, 1.54) is 25.7 Å². The lowest BCUT2D eigenvalue weighted by molar-refractivity contribution is -0.153. The summed E-state index contributed by atoms with van der Waals surface area (Å²) < 4.78 is 5.30. The molecule has 0 saturated carbocycles. The van der Waals surface area contributed by atoms with Gasteiger partial charge in [0.1, 0.15) is 0 Å². The first-order chi connectivity index (χ1) is 6.20. The summed E-state index contributed by atoms with van der Waals surface area (Å²) in [5.41, 5.74) is 0. The number of cyclic esters (lactones) is 1. The second kappa shape index (κ2) is 5.25. The summed E-state index contributed by atoms with van der Waals surface area (Å²) in [5.74, 6) is 0.0925. The van der Waals surface area contributed by atoms with E-state index in [4.69, 9.17) is 4.74 Å². The molecule has 0 bridgehead atoms. The number of carbonyl (C=O) groups is 1. The van der Waals surface area contributed by atoms with Crippen LogP contribution in [0.2, 0.25) is 0 Å². The van der Waals surface area contributed by atoms with Crippen LogP contribution >= 0.6 is 0 Å². The maximum Gasteiger partial charge on any atom is 0.308 e. The molecule has 2 heteroatoms. The molecule has 0 aliphatic carbocycles. The Bertz CT molecular complexity index is 165. The molecule has 0 aromatic rings. The monoisotopic (exact) mass is 184 g/mol. The van der Waals surface area contributed by atoms with Crippen LogP contribution in [-0.2, 0) is 9.53 Å². The molecule has 1 aliphatic rings. The molecule has 0 amide bonds. The van der Waals surface area contributed by atoms with Crippen molar-refractivity contribution >= 4 is 5.97 Å². The van der Waals surface area contributed by atoms with Crippen molar-refractivity contribution in [3.63, 3.8) is 0 Å². The predicted octanol–water partition coefficient (Wildman–Crippen LogP) is 2.91. The SMILES string of the molecule is CC1CCCCCCC(C)C(=O)O1. The van der Waals surface area contributed by atoms with Crippen molar-refractivity contribution < 1.29 is 9.53 Å². The van der Waals surface area contributed by atoms with Gasteiger partial charge in [-0.2, -0.15) is 0 Å². The summed E-state index contributed by atoms with van der Waals surface area (Å²) in [7, 11) is 0. The third kappa shape index (κ3) is 3.79. The second-order valence-electron chi connectivity index (χ2n) is 4.14. The van der Waals surface area contributed by atoms with Crippen LogP contribution < -0.4 is 0 Å². The van der Waals surface area contributed by atoms with Crippen molar-refractivity contribution in [2.24, 2.45) is 5.92 Å². The molecule has 76 valence electrons. The molecule has 2 nitrogen and oxygen atoms in total. The highest BCUT2D eigenvalue weighted by atomic mass is 16.5. The quantitative estimate of drug-likeness (QED) is 0.541. The minimum Gasteiger partial charge on any atom is -0.462 e. The number of rotatable bonds is 0. The zero-order valence-corrected chi connectivity index (χ0v) is 8.71. The largest absolute Gasteiger partial charge is 0.462 e. The molecule has 1 rings (SSSR count). The lowest BCUT2D eigenvalue weighted by Gasteiger charge is -2.18. The van der Waals surface area contributed by atoms with Gasteiger partial charge in [-0.25, -0.2) is 0 Å². The highest BCUT2D eigenvalue weighted by Crippen LogP contribution is 2.17. The normalized spacial score (nSPS) is 32.3. The molecular formula is C11H20O2. The van der Waals surface area contributed by atoms with Crippen molar-refractivity contribution in [2.75, 3.05) is 0 Å². The molecule has 0 aromatic heterocycles. The molecule has 1 fully saturated rings. The van der Waals surface area contributed by atoms with Gasteiger partial charge in [0.2, 0.25) is 0 Å². The Kier molecular flexibility index (Phi) is 4.26. The second-order valence-corrected chi connectivity index (χ2v) is 4.14. The molecule has 1 saturated heterocycles. The summed E-state index contributed by atoms with van der Waals surface area (Å²) >= 11 is 0. The topological polar surface area (TPSA) is 26.3 Å². The lowest BCUT2D eigenvalue weighted by atomic mass is 10.0. The summed E-state index contributed by atoms with van der Waals surface area (Å²) in [6.07, 6.45) is 7.06. The number of hydrogen-bond acceptors (Lipinski definition) is 2. The fourth-order valence-electron chi connectivity index (χ4n) is 1.73. The molecule has 2 unspecified atom stereocenters. The first-order valence-corrected chi connectivity index (χ1v) is 5.40. The zero-order chi connectivity index (χ0) is 9.68. The van der Waals surface area contributed by atoms with Crippen LogP contribution in [0.15, 0.2) is 0 Å². The van der Waals surface area contributed by atoms with Gasteiger partial charge in [0.25, 0.3) is 0 Å². The number of carbonyl (C=O) groups excluding carboxylic acids is 1. The lowest BCUT2D eigenvalue weighted by Crippen LogP contribution is -2.21. The van der Waals surface area contributed by atoms with Crippen LogP contribution in [0.25, 0.3) is 0 Å². The average molecular weight is 184 g/mol. The Morgan fingerprint density at radius 1 is 1.08 bits per heavy atom. The van der Waals surface area contributed by atoms with Crippen LogP contribution in [-0.4, -0.2) is 12.1 Å². The highest BCUT2D eigenvalue weighted by Gasteiger charge is 2.17. The number of esters is 1. The Morgan fingerprint density at radius 2 is 1.69 bits per heavy atom. The van der Waals surface area contributed by atoms with E-state index in [9.17, 15) is 4.79 Å². The molecule has 0 aromatic carbocycles. The van der Waals surface area contributed by atoms with E-state index in [-0.39, 0.29) is 18.0 Å². The van der Waals surface area contributed by atoms with Crippen LogP contribution in [0.1, 0.15) is 52.4 Å². The van der Waals surface area contributed by atoms with Crippen molar-refractivity contribution in [3.05, 3.63) is 0 Å². The molecule has 0 N–H and O–H groups in total. The minimum absolute atomic E-state index is 0.00519. The fraction of sp³-hybridized carbons (Fsp3) is 0.909. The van der Waals surface area contributed by atoms with E-state index in [2.05, 4.69) is 0 Å². The van der Waals surface area contributed by atoms with Gasteiger partial charge in [-0.05, 0) is 26.2 Å². The van der Waals surface area contributed by atoms with Crippen LogP contribution in [0.3, 0.4) is 0 Å². The molecule has 0 radical (unpaired) electrons.